The quantitative estimate of drug-likeness (QED) is 0.754. The second kappa shape index (κ2) is 7.80. The van der Waals surface area contributed by atoms with Gasteiger partial charge in [-0.1, -0.05) is 32.0 Å². The number of aliphatic hydroxyl groups excluding tert-OH is 1. The summed E-state index contributed by atoms with van der Waals surface area (Å²) in [5.41, 5.74) is 0.326. The van der Waals surface area contributed by atoms with Gasteiger partial charge in [-0.3, -0.25) is 4.79 Å². The molecule has 2 N–H and O–H groups in total. The number of aliphatic hydroxyl groups is 1. The maximum Gasteiger partial charge on any atom is 0.244 e. The summed E-state index contributed by atoms with van der Waals surface area (Å²) >= 11 is 0. The van der Waals surface area contributed by atoms with Crippen molar-refractivity contribution in [3.05, 3.63) is 41.7 Å². The molecule has 0 radical (unpaired) electrons. The van der Waals surface area contributed by atoms with Crippen LogP contribution in [0.4, 0.5) is 4.39 Å². The van der Waals surface area contributed by atoms with Crippen LogP contribution in [0.25, 0.3) is 6.08 Å². The molecular weight excluding hydrogens is 257 g/mol. The van der Waals surface area contributed by atoms with Crippen molar-refractivity contribution in [2.45, 2.75) is 26.7 Å². The van der Waals surface area contributed by atoms with Crippen LogP contribution in [0.5, 0.6) is 0 Å². The Morgan fingerprint density at radius 1 is 1.40 bits per heavy atom. The number of nitrogens with one attached hydrogen (secondary N) is 1. The van der Waals surface area contributed by atoms with Crippen molar-refractivity contribution < 1.29 is 14.3 Å². The van der Waals surface area contributed by atoms with E-state index in [1.165, 1.54) is 18.2 Å². The average molecular weight is 279 g/mol. The molecule has 1 rings (SSSR count). The topological polar surface area (TPSA) is 49.3 Å². The molecule has 0 bridgehead atoms. The predicted molar refractivity (Wildman–Crippen MR) is 78.5 cm³/mol. The van der Waals surface area contributed by atoms with Crippen molar-refractivity contribution in [2.24, 2.45) is 5.41 Å². The molecule has 3 nitrogen and oxygen atoms in total. The molecule has 1 aromatic rings. The molecule has 0 aliphatic rings. The smallest absolute Gasteiger partial charge is 0.244 e. The highest BCUT2D eigenvalue weighted by atomic mass is 19.1. The number of halogens is 1. The molecule has 20 heavy (non-hydrogen) atoms. The van der Waals surface area contributed by atoms with Gasteiger partial charge in [0, 0.05) is 24.8 Å². The molecule has 0 aliphatic heterocycles. The van der Waals surface area contributed by atoms with Gasteiger partial charge in [0.05, 0.1) is 0 Å². The van der Waals surface area contributed by atoms with E-state index in [0.717, 1.165) is 6.42 Å². The number of amides is 1. The lowest BCUT2D eigenvalue weighted by Crippen LogP contribution is -2.33. The van der Waals surface area contributed by atoms with Crippen molar-refractivity contribution in [3.8, 4) is 0 Å². The van der Waals surface area contributed by atoms with Crippen LogP contribution in [-0.2, 0) is 4.79 Å². The summed E-state index contributed by atoms with van der Waals surface area (Å²) in [4.78, 5) is 11.7. The van der Waals surface area contributed by atoms with Crippen molar-refractivity contribution in [1.82, 2.24) is 5.32 Å². The number of carbonyl (C=O) groups excluding carboxylic acids is 1. The van der Waals surface area contributed by atoms with Crippen LogP contribution >= 0.6 is 0 Å². The minimum absolute atomic E-state index is 0.0653. The lowest BCUT2D eigenvalue weighted by molar-refractivity contribution is -0.116. The normalized spacial score (nSPS) is 11.8. The third kappa shape index (κ3) is 5.97. The molecule has 4 heteroatoms. The van der Waals surface area contributed by atoms with E-state index in [2.05, 4.69) is 5.32 Å². The first-order chi connectivity index (χ1) is 9.44. The summed E-state index contributed by atoms with van der Waals surface area (Å²) in [7, 11) is 0. The molecular formula is C16H22FNO2. The first-order valence-electron chi connectivity index (χ1n) is 6.76. The first kappa shape index (κ1) is 16.4. The monoisotopic (exact) mass is 279 g/mol. The van der Waals surface area contributed by atoms with Crippen LogP contribution < -0.4 is 5.32 Å². The van der Waals surface area contributed by atoms with E-state index in [1.54, 1.807) is 18.2 Å². The molecule has 0 fully saturated rings. The second-order valence-electron chi connectivity index (χ2n) is 5.56. The van der Waals surface area contributed by atoms with E-state index in [1.807, 2.05) is 13.8 Å². The van der Waals surface area contributed by atoms with Crippen LogP contribution in [-0.4, -0.2) is 24.2 Å². The highest BCUT2D eigenvalue weighted by Gasteiger charge is 2.17. The van der Waals surface area contributed by atoms with E-state index < -0.39 is 0 Å². The Morgan fingerprint density at radius 3 is 2.75 bits per heavy atom. The molecule has 0 saturated heterocycles. The number of carbonyl (C=O) groups is 1. The van der Waals surface area contributed by atoms with Gasteiger partial charge < -0.3 is 10.4 Å². The van der Waals surface area contributed by atoms with E-state index >= 15 is 0 Å². The lowest BCUT2D eigenvalue weighted by atomic mass is 9.88. The molecule has 0 atom stereocenters. The van der Waals surface area contributed by atoms with Crippen LogP contribution in [0.15, 0.2) is 30.3 Å². The van der Waals surface area contributed by atoms with Crippen molar-refractivity contribution in [1.29, 1.82) is 0 Å². The number of hydrogen-bond acceptors (Lipinski definition) is 2. The fraction of sp³-hybridized carbons (Fsp3) is 0.438. The van der Waals surface area contributed by atoms with Crippen LogP contribution in [0, 0.1) is 11.2 Å². The standard InChI is InChI=1S/C16H22FNO2/c1-16(2,10-5-11-19)12-18-15(20)9-8-13-6-3-4-7-14(13)17/h3-4,6-9,19H,5,10-12H2,1-2H3,(H,18,20)/b9-8+. The molecule has 0 heterocycles. The maximum atomic E-state index is 13.3. The third-order valence-corrected chi connectivity index (χ3v) is 3.07. The van der Waals surface area contributed by atoms with E-state index in [-0.39, 0.29) is 23.7 Å². The molecule has 0 aromatic heterocycles. The molecule has 0 spiro atoms. The first-order valence-corrected chi connectivity index (χ1v) is 6.76. The largest absolute Gasteiger partial charge is 0.396 e. The summed E-state index contributed by atoms with van der Waals surface area (Å²) in [5, 5.41) is 11.6. The second-order valence-corrected chi connectivity index (χ2v) is 5.56. The Labute approximate surface area is 119 Å². The van der Waals surface area contributed by atoms with Crippen LogP contribution in [0.3, 0.4) is 0 Å². The van der Waals surface area contributed by atoms with Gasteiger partial charge in [-0.2, -0.15) is 0 Å². The van der Waals surface area contributed by atoms with Crippen LogP contribution in [0.2, 0.25) is 0 Å². The average Bonchev–Trinajstić information content (AvgIpc) is 2.42. The minimum atomic E-state index is -0.347. The van der Waals surface area contributed by atoms with E-state index in [9.17, 15) is 9.18 Å². The highest BCUT2D eigenvalue weighted by Crippen LogP contribution is 2.20. The SMILES string of the molecule is CC(C)(CCCO)CNC(=O)/C=C/c1ccccc1F. The Bertz CT molecular complexity index is 469. The summed E-state index contributed by atoms with van der Waals surface area (Å²) in [6.45, 7) is 4.74. The van der Waals surface area contributed by atoms with Gasteiger partial charge in [-0.15, -0.1) is 0 Å². The molecule has 1 aromatic carbocycles. The third-order valence-electron chi connectivity index (χ3n) is 3.07. The summed E-state index contributed by atoms with van der Waals surface area (Å²) in [6, 6.07) is 6.30. The Kier molecular flexibility index (Phi) is 6.39. The summed E-state index contributed by atoms with van der Waals surface area (Å²) in [5.74, 6) is -0.592. The van der Waals surface area contributed by atoms with Crippen LogP contribution in [0.1, 0.15) is 32.3 Å². The number of benzene rings is 1. The zero-order valence-corrected chi connectivity index (χ0v) is 12.0. The van der Waals surface area contributed by atoms with Crippen molar-refractivity contribution in [3.63, 3.8) is 0 Å². The van der Waals surface area contributed by atoms with Gasteiger partial charge in [-0.05, 0) is 30.4 Å². The minimum Gasteiger partial charge on any atom is -0.396 e. The van der Waals surface area contributed by atoms with Gasteiger partial charge in [0.1, 0.15) is 5.82 Å². The van der Waals surface area contributed by atoms with Gasteiger partial charge >= 0.3 is 0 Å². The molecule has 0 unspecified atom stereocenters. The molecule has 1 amide bonds. The molecule has 0 saturated carbocycles. The Balaban J connectivity index is 2.46. The summed E-state index contributed by atoms with van der Waals surface area (Å²) < 4.78 is 13.3. The fourth-order valence-electron chi connectivity index (χ4n) is 1.81. The number of hydrogen-bond donors (Lipinski definition) is 2. The molecule has 0 aliphatic carbocycles. The molecule has 110 valence electrons. The lowest BCUT2D eigenvalue weighted by Gasteiger charge is -2.24. The zero-order valence-electron chi connectivity index (χ0n) is 12.0. The highest BCUT2D eigenvalue weighted by molar-refractivity contribution is 5.91. The van der Waals surface area contributed by atoms with Gasteiger partial charge in [0.15, 0.2) is 0 Å². The van der Waals surface area contributed by atoms with Gasteiger partial charge in [0.25, 0.3) is 0 Å². The fourth-order valence-corrected chi connectivity index (χ4v) is 1.81. The Hall–Kier alpha value is -1.68. The Morgan fingerprint density at radius 2 is 2.10 bits per heavy atom. The number of rotatable bonds is 7. The predicted octanol–water partition coefficient (Wildman–Crippen LogP) is 2.75. The van der Waals surface area contributed by atoms with Crippen molar-refractivity contribution in [2.75, 3.05) is 13.2 Å². The van der Waals surface area contributed by atoms with Gasteiger partial charge in [0.2, 0.25) is 5.91 Å². The summed E-state index contributed by atoms with van der Waals surface area (Å²) in [6.07, 6.45) is 4.35. The van der Waals surface area contributed by atoms with Gasteiger partial charge in [-0.25, -0.2) is 4.39 Å². The van der Waals surface area contributed by atoms with E-state index in [4.69, 9.17) is 5.11 Å². The maximum absolute atomic E-state index is 13.3. The van der Waals surface area contributed by atoms with Crippen molar-refractivity contribution >= 4 is 12.0 Å². The van der Waals surface area contributed by atoms with E-state index in [0.29, 0.717) is 18.5 Å². The zero-order chi connectivity index (χ0) is 15.0.